The maximum absolute atomic E-state index is 12.7. The largest absolute Gasteiger partial charge is 0.469 e. The Morgan fingerprint density at radius 2 is 1.57 bits per heavy atom. The van der Waals surface area contributed by atoms with Crippen LogP contribution < -0.4 is 0 Å². The molecule has 2 rings (SSSR count). The van der Waals surface area contributed by atoms with E-state index in [1.165, 1.54) is 45.6 Å². The topological polar surface area (TPSA) is 46.6 Å². The minimum atomic E-state index is -0.216. The second kappa shape index (κ2) is 8.40. The SMILES string of the molecule is COC(=O)CCN(C(=O)C1CCC1)C1CCCCCCC1. The van der Waals surface area contributed by atoms with Crippen molar-refractivity contribution in [3.05, 3.63) is 0 Å². The molecule has 4 nitrogen and oxygen atoms in total. The van der Waals surface area contributed by atoms with Gasteiger partial charge >= 0.3 is 5.97 Å². The molecule has 2 saturated carbocycles. The van der Waals surface area contributed by atoms with Crippen LogP contribution >= 0.6 is 0 Å². The van der Waals surface area contributed by atoms with Gasteiger partial charge in [-0.05, 0) is 25.7 Å². The average molecular weight is 295 g/mol. The van der Waals surface area contributed by atoms with Crippen LogP contribution in [0.25, 0.3) is 0 Å². The fourth-order valence-corrected chi connectivity index (χ4v) is 3.42. The highest BCUT2D eigenvalue weighted by Gasteiger charge is 2.33. The zero-order valence-electron chi connectivity index (χ0n) is 13.3. The van der Waals surface area contributed by atoms with Gasteiger partial charge in [-0.25, -0.2) is 0 Å². The molecule has 0 aromatic heterocycles. The van der Waals surface area contributed by atoms with Gasteiger partial charge in [-0.15, -0.1) is 0 Å². The fraction of sp³-hybridized carbons (Fsp3) is 0.882. The summed E-state index contributed by atoms with van der Waals surface area (Å²) in [6, 6.07) is 0.336. The molecule has 0 radical (unpaired) electrons. The van der Waals surface area contributed by atoms with Crippen LogP contribution in [0, 0.1) is 5.92 Å². The van der Waals surface area contributed by atoms with Crippen LogP contribution in [-0.2, 0) is 14.3 Å². The molecule has 0 spiro atoms. The first kappa shape index (κ1) is 16.3. The monoisotopic (exact) mass is 295 g/mol. The van der Waals surface area contributed by atoms with Gasteiger partial charge in [0.05, 0.1) is 13.5 Å². The highest BCUT2D eigenvalue weighted by atomic mass is 16.5. The summed E-state index contributed by atoms with van der Waals surface area (Å²) in [6.07, 6.45) is 12.0. The lowest BCUT2D eigenvalue weighted by atomic mass is 9.83. The minimum Gasteiger partial charge on any atom is -0.469 e. The number of rotatable bonds is 5. The number of hydrogen-bond donors (Lipinski definition) is 0. The van der Waals surface area contributed by atoms with Crippen molar-refractivity contribution in [1.29, 1.82) is 0 Å². The van der Waals surface area contributed by atoms with E-state index in [2.05, 4.69) is 0 Å². The van der Waals surface area contributed by atoms with E-state index in [1.807, 2.05) is 4.90 Å². The first-order valence-corrected chi connectivity index (χ1v) is 8.59. The van der Waals surface area contributed by atoms with E-state index in [0.717, 1.165) is 25.7 Å². The number of ether oxygens (including phenoxy) is 1. The Bertz CT molecular complexity index is 344. The second-order valence-corrected chi connectivity index (χ2v) is 6.48. The summed E-state index contributed by atoms with van der Waals surface area (Å²) in [5, 5.41) is 0. The molecule has 21 heavy (non-hydrogen) atoms. The van der Waals surface area contributed by atoms with Crippen LogP contribution in [0.2, 0.25) is 0 Å². The number of carbonyl (C=O) groups excluding carboxylic acids is 2. The minimum absolute atomic E-state index is 0.216. The summed E-state index contributed by atoms with van der Waals surface area (Å²) in [4.78, 5) is 26.2. The number of amides is 1. The molecule has 0 aromatic rings. The van der Waals surface area contributed by atoms with E-state index in [4.69, 9.17) is 4.74 Å². The molecule has 0 saturated heterocycles. The quantitative estimate of drug-likeness (QED) is 0.731. The van der Waals surface area contributed by atoms with Gasteiger partial charge in [-0.3, -0.25) is 9.59 Å². The number of carbonyl (C=O) groups is 2. The van der Waals surface area contributed by atoms with Crippen molar-refractivity contribution in [2.45, 2.75) is 76.7 Å². The molecule has 0 aliphatic heterocycles. The van der Waals surface area contributed by atoms with Crippen molar-refractivity contribution < 1.29 is 14.3 Å². The maximum atomic E-state index is 12.7. The third kappa shape index (κ3) is 4.72. The molecule has 2 aliphatic rings. The van der Waals surface area contributed by atoms with Crippen LogP contribution in [-0.4, -0.2) is 36.5 Å². The van der Waals surface area contributed by atoms with Gasteiger partial charge in [0.25, 0.3) is 0 Å². The van der Waals surface area contributed by atoms with Crippen LogP contribution in [0.5, 0.6) is 0 Å². The second-order valence-electron chi connectivity index (χ2n) is 6.48. The summed E-state index contributed by atoms with van der Waals surface area (Å²) in [5.74, 6) is 0.288. The molecular formula is C17H29NO3. The van der Waals surface area contributed by atoms with Crippen LogP contribution in [0.15, 0.2) is 0 Å². The van der Waals surface area contributed by atoms with Crippen LogP contribution in [0.4, 0.5) is 0 Å². The van der Waals surface area contributed by atoms with E-state index in [9.17, 15) is 9.59 Å². The smallest absolute Gasteiger partial charge is 0.307 e. The van der Waals surface area contributed by atoms with Crippen molar-refractivity contribution in [3.8, 4) is 0 Å². The van der Waals surface area contributed by atoms with Gasteiger partial charge in [-0.1, -0.05) is 38.5 Å². The lowest BCUT2D eigenvalue weighted by molar-refractivity contribution is -0.144. The van der Waals surface area contributed by atoms with Crippen molar-refractivity contribution >= 4 is 11.9 Å². The van der Waals surface area contributed by atoms with Crippen molar-refractivity contribution in [2.75, 3.05) is 13.7 Å². The number of esters is 1. The van der Waals surface area contributed by atoms with Gasteiger partial charge in [0.2, 0.25) is 5.91 Å². The molecule has 0 heterocycles. The summed E-state index contributed by atoms with van der Waals surface area (Å²) in [7, 11) is 1.41. The third-order valence-corrected chi connectivity index (χ3v) is 5.04. The standard InChI is InChI=1S/C17H29NO3/c1-21-16(19)12-13-18(17(20)14-8-7-9-14)15-10-5-3-2-4-6-11-15/h14-15H,2-13H2,1H3. The summed E-state index contributed by atoms with van der Waals surface area (Å²) in [5.41, 5.74) is 0. The number of nitrogens with zero attached hydrogens (tertiary/aromatic N) is 1. The Morgan fingerprint density at radius 1 is 0.952 bits per heavy atom. The Morgan fingerprint density at radius 3 is 2.10 bits per heavy atom. The molecule has 2 aliphatic carbocycles. The van der Waals surface area contributed by atoms with E-state index >= 15 is 0 Å². The van der Waals surface area contributed by atoms with E-state index in [-0.39, 0.29) is 17.8 Å². The van der Waals surface area contributed by atoms with Crippen LogP contribution in [0.3, 0.4) is 0 Å². The van der Waals surface area contributed by atoms with E-state index < -0.39 is 0 Å². The van der Waals surface area contributed by atoms with Crippen molar-refractivity contribution in [1.82, 2.24) is 4.90 Å². The van der Waals surface area contributed by atoms with Crippen molar-refractivity contribution in [2.24, 2.45) is 5.92 Å². The Labute approximate surface area is 128 Å². The Hall–Kier alpha value is -1.06. The zero-order chi connectivity index (χ0) is 15.1. The van der Waals surface area contributed by atoms with Gasteiger partial charge in [-0.2, -0.15) is 0 Å². The van der Waals surface area contributed by atoms with Crippen molar-refractivity contribution in [3.63, 3.8) is 0 Å². The maximum Gasteiger partial charge on any atom is 0.307 e. The normalized spacial score (nSPS) is 21.0. The molecule has 0 aromatic carbocycles. The number of methoxy groups -OCH3 is 1. The molecule has 0 bridgehead atoms. The van der Waals surface area contributed by atoms with Gasteiger partial charge in [0, 0.05) is 18.5 Å². The van der Waals surface area contributed by atoms with E-state index in [0.29, 0.717) is 19.0 Å². The molecule has 0 N–H and O–H groups in total. The van der Waals surface area contributed by atoms with Gasteiger partial charge < -0.3 is 9.64 Å². The molecule has 1 amide bonds. The average Bonchev–Trinajstić information content (AvgIpc) is 2.38. The molecule has 2 fully saturated rings. The molecule has 0 unspecified atom stereocenters. The lowest BCUT2D eigenvalue weighted by Crippen LogP contribution is -2.46. The predicted octanol–water partition coefficient (Wildman–Crippen LogP) is 3.29. The fourth-order valence-electron chi connectivity index (χ4n) is 3.42. The Balaban J connectivity index is 1.97. The third-order valence-electron chi connectivity index (χ3n) is 5.04. The number of hydrogen-bond acceptors (Lipinski definition) is 3. The first-order valence-electron chi connectivity index (χ1n) is 8.59. The molecule has 0 atom stereocenters. The highest BCUT2D eigenvalue weighted by molar-refractivity contribution is 5.80. The Kier molecular flexibility index (Phi) is 6.52. The van der Waals surface area contributed by atoms with E-state index in [1.54, 1.807) is 0 Å². The molecular weight excluding hydrogens is 266 g/mol. The zero-order valence-corrected chi connectivity index (χ0v) is 13.3. The summed E-state index contributed by atoms with van der Waals surface area (Å²) < 4.78 is 4.74. The summed E-state index contributed by atoms with van der Waals surface area (Å²) >= 11 is 0. The highest BCUT2D eigenvalue weighted by Crippen LogP contribution is 2.31. The van der Waals surface area contributed by atoms with Gasteiger partial charge in [0.1, 0.15) is 0 Å². The predicted molar refractivity (Wildman–Crippen MR) is 81.8 cm³/mol. The van der Waals surface area contributed by atoms with Gasteiger partial charge in [0.15, 0.2) is 0 Å². The molecule has 120 valence electrons. The first-order chi connectivity index (χ1) is 10.2. The summed E-state index contributed by atoms with van der Waals surface area (Å²) in [6.45, 7) is 0.534. The lowest BCUT2D eigenvalue weighted by Gasteiger charge is -2.37. The van der Waals surface area contributed by atoms with Crippen LogP contribution in [0.1, 0.15) is 70.6 Å². The molecule has 4 heteroatoms.